The van der Waals surface area contributed by atoms with Crippen LogP contribution in [0, 0.1) is 11.8 Å². The van der Waals surface area contributed by atoms with Crippen LogP contribution in [0.15, 0.2) is 0 Å². The van der Waals surface area contributed by atoms with Crippen molar-refractivity contribution >= 4 is 0 Å². The Morgan fingerprint density at radius 2 is 2.00 bits per heavy atom. The van der Waals surface area contributed by atoms with Crippen LogP contribution in [0.25, 0.3) is 0 Å². The predicted molar refractivity (Wildman–Crippen MR) is 46.0 cm³/mol. The lowest BCUT2D eigenvalue weighted by atomic mass is 9.99. The zero-order valence-corrected chi connectivity index (χ0v) is 7.40. The largest absolute Gasteiger partial charge is 0.0654 e. The van der Waals surface area contributed by atoms with Gasteiger partial charge >= 0.3 is 0 Å². The van der Waals surface area contributed by atoms with E-state index in [-0.39, 0.29) is 0 Å². The molecule has 1 aliphatic rings. The van der Waals surface area contributed by atoms with Gasteiger partial charge in [0.25, 0.3) is 0 Å². The van der Waals surface area contributed by atoms with Gasteiger partial charge in [0, 0.05) is 0 Å². The van der Waals surface area contributed by atoms with Crippen LogP contribution in [0.5, 0.6) is 0 Å². The second-order valence-electron chi connectivity index (χ2n) is 3.91. The predicted octanol–water partition coefficient (Wildman–Crippen LogP) is 3.61. The summed E-state index contributed by atoms with van der Waals surface area (Å²) in [7, 11) is 0. The molecule has 0 N–H and O–H groups in total. The molecule has 0 spiro atoms. The molecule has 0 heterocycles. The SMILES string of the molecule is CCCC(C)CCC1CC1. The molecule has 0 aromatic rings. The Morgan fingerprint density at radius 3 is 2.50 bits per heavy atom. The smallest absolute Gasteiger partial charge is 0.0414 e. The third kappa shape index (κ3) is 3.24. The van der Waals surface area contributed by atoms with Crippen LogP contribution in [0.4, 0.5) is 0 Å². The Bertz CT molecular complexity index is 82.0. The molecule has 1 fully saturated rings. The van der Waals surface area contributed by atoms with E-state index in [0.717, 1.165) is 11.8 Å². The number of hydrogen-bond donors (Lipinski definition) is 0. The van der Waals surface area contributed by atoms with Crippen molar-refractivity contribution in [3.8, 4) is 0 Å². The molecule has 0 bridgehead atoms. The quantitative estimate of drug-likeness (QED) is 0.547. The molecule has 0 saturated heterocycles. The summed E-state index contributed by atoms with van der Waals surface area (Å²) >= 11 is 0. The molecule has 1 unspecified atom stereocenters. The van der Waals surface area contributed by atoms with E-state index in [4.69, 9.17) is 0 Å². The topological polar surface area (TPSA) is 0 Å². The third-order valence-corrected chi connectivity index (χ3v) is 2.55. The Balaban J connectivity index is 1.89. The fourth-order valence-electron chi connectivity index (χ4n) is 1.56. The Hall–Kier alpha value is 0. The lowest BCUT2D eigenvalue weighted by molar-refractivity contribution is 0.454. The molecule has 1 saturated carbocycles. The van der Waals surface area contributed by atoms with Crippen LogP contribution < -0.4 is 0 Å². The summed E-state index contributed by atoms with van der Waals surface area (Å²) in [6, 6.07) is 0. The molecule has 0 nitrogen and oxygen atoms in total. The highest BCUT2D eigenvalue weighted by atomic mass is 14.3. The van der Waals surface area contributed by atoms with Crippen molar-refractivity contribution in [1.29, 1.82) is 0 Å². The minimum absolute atomic E-state index is 0.991. The van der Waals surface area contributed by atoms with Crippen LogP contribution in [-0.4, -0.2) is 0 Å². The van der Waals surface area contributed by atoms with E-state index in [2.05, 4.69) is 13.8 Å². The third-order valence-electron chi connectivity index (χ3n) is 2.55. The molecule has 1 rings (SSSR count). The summed E-state index contributed by atoms with van der Waals surface area (Å²) in [4.78, 5) is 0. The second-order valence-corrected chi connectivity index (χ2v) is 3.91. The Kier molecular flexibility index (Phi) is 3.24. The van der Waals surface area contributed by atoms with Gasteiger partial charge in [-0.1, -0.05) is 52.4 Å². The van der Waals surface area contributed by atoms with Gasteiger partial charge in [-0.2, -0.15) is 0 Å². The summed E-state index contributed by atoms with van der Waals surface area (Å²) in [6.45, 7) is 4.68. The number of rotatable bonds is 5. The molecule has 0 aromatic heterocycles. The van der Waals surface area contributed by atoms with Gasteiger partial charge < -0.3 is 0 Å². The summed E-state index contributed by atoms with van der Waals surface area (Å²) < 4.78 is 0. The van der Waals surface area contributed by atoms with Gasteiger partial charge in [0.05, 0.1) is 0 Å². The van der Waals surface area contributed by atoms with E-state index >= 15 is 0 Å². The zero-order valence-electron chi connectivity index (χ0n) is 7.40. The van der Waals surface area contributed by atoms with Crippen molar-refractivity contribution in [2.45, 2.75) is 52.4 Å². The average molecular weight is 140 g/mol. The highest BCUT2D eigenvalue weighted by molar-refractivity contribution is 4.73. The Labute approximate surface area is 65.0 Å². The van der Waals surface area contributed by atoms with Crippen LogP contribution in [0.1, 0.15) is 52.4 Å². The molecule has 1 atom stereocenters. The minimum Gasteiger partial charge on any atom is -0.0654 e. The lowest BCUT2D eigenvalue weighted by Gasteiger charge is -2.07. The molecule has 0 heteroatoms. The molecular weight excluding hydrogens is 120 g/mol. The first-order valence-electron chi connectivity index (χ1n) is 4.83. The summed E-state index contributed by atoms with van der Waals surface area (Å²) in [5.74, 6) is 2.13. The van der Waals surface area contributed by atoms with Crippen molar-refractivity contribution in [3.05, 3.63) is 0 Å². The molecule has 0 aromatic carbocycles. The highest BCUT2D eigenvalue weighted by Crippen LogP contribution is 2.35. The summed E-state index contributed by atoms with van der Waals surface area (Å²) in [5.41, 5.74) is 0. The van der Waals surface area contributed by atoms with Gasteiger partial charge in [0.15, 0.2) is 0 Å². The Morgan fingerprint density at radius 1 is 1.30 bits per heavy atom. The van der Waals surface area contributed by atoms with E-state index in [1.165, 1.54) is 38.5 Å². The molecule has 0 aliphatic heterocycles. The fourth-order valence-corrected chi connectivity index (χ4v) is 1.56. The monoisotopic (exact) mass is 140 g/mol. The van der Waals surface area contributed by atoms with Crippen molar-refractivity contribution in [1.82, 2.24) is 0 Å². The maximum atomic E-state index is 2.39. The van der Waals surface area contributed by atoms with E-state index in [1.807, 2.05) is 0 Å². The zero-order chi connectivity index (χ0) is 7.40. The molecule has 0 radical (unpaired) electrons. The van der Waals surface area contributed by atoms with Crippen LogP contribution in [0.2, 0.25) is 0 Å². The first-order valence-corrected chi connectivity index (χ1v) is 4.83. The van der Waals surface area contributed by atoms with Gasteiger partial charge in [0.2, 0.25) is 0 Å². The van der Waals surface area contributed by atoms with Crippen molar-refractivity contribution in [3.63, 3.8) is 0 Å². The van der Waals surface area contributed by atoms with Crippen LogP contribution in [-0.2, 0) is 0 Å². The fraction of sp³-hybridized carbons (Fsp3) is 1.00. The summed E-state index contributed by atoms with van der Waals surface area (Å²) in [5, 5.41) is 0. The van der Waals surface area contributed by atoms with Gasteiger partial charge in [-0.25, -0.2) is 0 Å². The van der Waals surface area contributed by atoms with E-state index in [1.54, 1.807) is 0 Å². The van der Waals surface area contributed by atoms with E-state index in [9.17, 15) is 0 Å². The maximum Gasteiger partial charge on any atom is -0.0414 e. The number of hydrogen-bond acceptors (Lipinski definition) is 0. The molecule has 60 valence electrons. The molecule has 10 heavy (non-hydrogen) atoms. The van der Waals surface area contributed by atoms with Crippen molar-refractivity contribution < 1.29 is 0 Å². The van der Waals surface area contributed by atoms with Crippen LogP contribution in [0.3, 0.4) is 0 Å². The molecule has 1 aliphatic carbocycles. The van der Waals surface area contributed by atoms with Crippen molar-refractivity contribution in [2.75, 3.05) is 0 Å². The maximum absolute atomic E-state index is 2.39. The van der Waals surface area contributed by atoms with E-state index < -0.39 is 0 Å². The first kappa shape index (κ1) is 8.10. The molecular formula is C10H20. The minimum atomic E-state index is 0.991. The van der Waals surface area contributed by atoms with Gasteiger partial charge in [-0.3, -0.25) is 0 Å². The first-order chi connectivity index (χ1) is 4.83. The summed E-state index contributed by atoms with van der Waals surface area (Å²) in [6.07, 6.45) is 8.86. The van der Waals surface area contributed by atoms with Gasteiger partial charge in [-0.15, -0.1) is 0 Å². The van der Waals surface area contributed by atoms with Gasteiger partial charge in [-0.05, 0) is 11.8 Å². The normalized spacial score (nSPS) is 21.0. The average Bonchev–Trinajstić information content (AvgIpc) is 2.67. The standard InChI is InChI=1S/C10H20/c1-3-4-9(2)5-6-10-7-8-10/h9-10H,3-8H2,1-2H3. The van der Waals surface area contributed by atoms with Crippen LogP contribution >= 0.6 is 0 Å². The molecule has 0 amide bonds. The lowest BCUT2D eigenvalue weighted by Crippen LogP contribution is -1.93. The second kappa shape index (κ2) is 4.00. The van der Waals surface area contributed by atoms with E-state index in [0.29, 0.717) is 0 Å². The highest BCUT2D eigenvalue weighted by Gasteiger charge is 2.20. The van der Waals surface area contributed by atoms with Crippen molar-refractivity contribution in [2.24, 2.45) is 11.8 Å². The van der Waals surface area contributed by atoms with Gasteiger partial charge in [0.1, 0.15) is 0 Å².